The van der Waals surface area contributed by atoms with E-state index >= 15 is 0 Å². The van der Waals surface area contributed by atoms with Gasteiger partial charge in [0.2, 0.25) is 0 Å². The van der Waals surface area contributed by atoms with Gasteiger partial charge in [0.05, 0.1) is 16.7 Å². The van der Waals surface area contributed by atoms with E-state index in [-0.39, 0.29) is 16.3 Å². The van der Waals surface area contributed by atoms with Crippen LogP contribution in [0.2, 0.25) is 5.02 Å². The first-order valence-corrected chi connectivity index (χ1v) is 7.89. The summed E-state index contributed by atoms with van der Waals surface area (Å²) in [5, 5.41) is 8.57. The van der Waals surface area contributed by atoms with Gasteiger partial charge >= 0.3 is 16.5 Å². The van der Waals surface area contributed by atoms with Crippen LogP contribution in [-0.4, -0.2) is 14.8 Å². The van der Waals surface area contributed by atoms with E-state index in [9.17, 15) is 21.6 Å². The number of benzene rings is 2. The molecule has 0 unspecified atom stereocenters. The number of rotatable bonds is 4. The Kier molecular flexibility index (Phi) is 4.91. The van der Waals surface area contributed by atoms with Crippen molar-refractivity contribution in [3.8, 4) is 17.6 Å². The van der Waals surface area contributed by atoms with Crippen molar-refractivity contribution in [2.24, 2.45) is 0 Å². The van der Waals surface area contributed by atoms with Crippen LogP contribution < -0.4 is 8.92 Å². The van der Waals surface area contributed by atoms with Crippen LogP contribution in [0.1, 0.15) is 5.56 Å². The van der Waals surface area contributed by atoms with Gasteiger partial charge in [0, 0.05) is 6.07 Å². The summed E-state index contributed by atoms with van der Waals surface area (Å²) in [5.41, 5.74) is 0.185. The Hall–Kier alpha value is -2.44. The second-order valence-corrected chi connectivity index (χ2v) is 6.27. The summed E-state index contributed by atoms with van der Waals surface area (Å²) >= 11 is 5.81. The van der Waals surface area contributed by atoms with Crippen molar-refractivity contribution in [1.82, 2.24) is 0 Å². The van der Waals surface area contributed by atoms with Gasteiger partial charge in [-0.25, -0.2) is 0 Å². The molecule has 0 N–H and O–H groups in total. The van der Waals surface area contributed by atoms with Gasteiger partial charge in [0.15, 0.2) is 5.75 Å². The lowest BCUT2D eigenvalue weighted by molar-refractivity contribution is -0.274. The molecule has 2 aromatic carbocycles. The van der Waals surface area contributed by atoms with Gasteiger partial charge in [-0.05, 0) is 30.3 Å². The molecular weight excluding hydrogens is 371 g/mol. The molecule has 2 aromatic rings. The van der Waals surface area contributed by atoms with Crippen molar-refractivity contribution >= 4 is 21.7 Å². The minimum absolute atomic E-state index is 0.139. The molecule has 0 amide bonds. The molecule has 0 heterocycles. The number of alkyl halides is 3. The number of nitriles is 1. The average Bonchev–Trinajstić information content (AvgIpc) is 2.47. The first-order valence-electron chi connectivity index (χ1n) is 6.11. The highest BCUT2D eigenvalue weighted by Gasteiger charge is 2.31. The van der Waals surface area contributed by atoms with Crippen molar-refractivity contribution in [1.29, 1.82) is 5.26 Å². The largest absolute Gasteiger partial charge is 0.573 e. The van der Waals surface area contributed by atoms with Gasteiger partial charge < -0.3 is 8.92 Å². The normalized spacial score (nSPS) is 11.6. The van der Waals surface area contributed by atoms with Gasteiger partial charge in [0.1, 0.15) is 10.6 Å². The number of hydrogen-bond acceptors (Lipinski definition) is 5. The monoisotopic (exact) mass is 377 g/mol. The van der Waals surface area contributed by atoms with Gasteiger partial charge in [-0.15, -0.1) is 13.2 Å². The predicted octanol–water partition coefficient (Wildman–Crippen LogP) is 3.88. The fourth-order valence-electron chi connectivity index (χ4n) is 1.63. The lowest BCUT2D eigenvalue weighted by Crippen LogP contribution is -2.17. The second kappa shape index (κ2) is 6.59. The molecule has 0 fully saturated rings. The molecule has 24 heavy (non-hydrogen) atoms. The van der Waals surface area contributed by atoms with Crippen molar-refractivity contribution < 1.29 is 30.5 Å². The molecule has 0 spiro atoms. The van der Waals surface area contributed by atoms with Crippen LogP contribution in [0.25, 0.3) is 0 Å². The quantitative estimate of drug-likeness (QED) is 0.756. The Balaban J connectivity index is 2.31. The zero-order chi connectivity index (χ0) is 18.0. The zero-order valence-corrected chi connectivity index (χ0v) is 13.1. The molecule has 0 saturated heterocycles. The van der Waals surface area contributed by atoms with Gasteiger partial charge in [-0.3, -0.25) is 0 Å². The maximum Gasteiger partial charge on any atom is 0.573 e. The summed E-state index contributed by atoms with van der Waals surface area (Å²) < 4.78 is 69.3. The van der Waals surface area contributed by atoms with Crippen LogP contribution in [0.15, 0.2) is 47.4 Å². The van der Waals surface area contributed by atoms with E-state index in [1.165, 1.54) is 12.1 Å². The molecule has 0 aliphatic heterocycles. The minimum atomic E-state index is -4.96. The van der Waals surface area contributed by atoms with Crippen molar-refractivity contribution in [3.05, 3.63) is 53.1 Å². The molecular formula is C14H7ClF3NO4S. The van der Waals surface area contributed by atoms with Gasteiger partial charge in [-0.1, -0.05) is 17.7 Å². The topological polar surface area (TPSA) is 76.4 Å². The fourth-order valence-corrected chi connectivity index (χ4v) is 2.88. The van der Waals surface area contributed by atoms with E-state index in [0.717, 1.165) is 24.3 Å². The van der Waals surface area contributed by atoms with E-state index in [4.69, 9.17) is 21.0 Å². The Morgan fingerprint density at radius 2 is 1.83 bits per heavy atom. The third-order valence-electron chi connectivity index (χ3n) is 2.59. The molecule has 0 aromatic heterocycles. The highest BCUT2D eigenvalue weighted by molar-refractivity contribution is 7.87. The maximum absolute atomic E-state index is 12.2. The van der Waals surface area contributed by atoms with Crippen LogP contribution in [0.5, 0.6) is 11.5 Å². The molecule has 0 radical (unpaired) electrons. The van der Waals surface area contributed by atoms with E-state index in [0.29, 0.717) is 6.07 Å². The Bertz CT molecular complexity index is 907. The predicted molar refractivity (Wildman–Crippen MR) is 77.1 cm³/mol. The summed E-state index contributed by atoms with van der Waals surface area (Å²) in [6, 6.07) is 9.15. The average molecular weight is 378 g/mol. The first kappa shape index (κ1) is 17.9. The van der Waals surface area contributed by atoms with Crippen LogP contribution >= 0.6 is 11.6 Å². The Labute approximate surface area is 139 Å². The first-order chi connectivity index (χ1) is 11.1. The Morgan fingerprint density at radius 3 is 2.42 bits per heavy atom. The second-order valence-electron chi connectivity index (χ2n) is 4.32. The van der Waals surface area contributed by atoms with E-state index in [2.05, 4.69) is 4.74 Å². The lowest BCUT2D eigenvalue weighted by Gasteiger charge is -2.11. The number of hydrogen-bond donors (Lipinski definition) is 0. The number of halogens is 4. The van der Waals surface area contributed by atoms with E-state index < -0.39 is 27.1 Å². The molecule has 0 atom stereocenters. The molecule has 0 bridgehead atoms. The van der Waals surface area contributed by atoms with E-state index in [1.807, 2.05) is 0 Å². The van der Waals surface area contributed by atoms with E-state index in [1.54, 1.807) is 6.07 Å². The highest BCUT2D eigenvalue weighted by Crippen LogP contribution is 2.30. The lowest BCUT2D eigenvalue weighted by atomic mass is 10.2. The number of ether oxygens (including phenoxy) is 1. The highest BCUT2D eigenvalue weighted by atomic mass is 35.5. The maximum atomic E-state index is 12.2. The molecule has 2 rings (SSSR count). The molecule has 0 saturated carbocycles. The standard InChI is InChI=1S/C14H7ClF3NO4S/c15-12-6-9(8-19)4-5-13(12)23-24(20,21)11-3-1-2-10(7-11)22-14(16,17)18/h1-7H. The third kappa shape index (κ3) is 4.53. The van der Waals surface area contributed by atoms with Crippen molar-refractivity contribution in [2.45, 2.75) is 11.3 Å². The SMILES string of the molecule is N#Cc1ccc(OS(=O)(=O)c2cccc(OC(F)(F)F)c2)c(Cl)c1. The summed E-state index contributed by atoms with van der Waals surface area (Å²) in [4.78, 5) is -0.551. The third-order valence-corrected chi connectivity index (χ3v) is 4.11. The van der Waals surface area contributed by atoms with Crippen molar-refractivity contribution in [3.63, 3.8) is 0 Å². The van der Waals surface area contributed by atoms with Gasteiger partial charge in [0.25, 0.3) is 0 Å². The number of nitrogens with zero attached hydrogens (tertiary/aromatic N) is 1. The minimum Gasteiger partial charge on any atom is -0.406 e. The fraction of sp³-hybridized carbons (Fsp3) is 0.0714. The van der Waals surface area contributed by atoms with Gasteiger partial charge in [-0.2, -0.15) is 13.7 Å². The summed E-state index contributed by atoms with van der Waals surface area (Å²) in [7, 11) is -4.45. The molecule has 5 nitrogen and oxygen atoms in total. The van der Waals surface area contributed by atoms with Crippen LogP contribution in [-0.2, 0) is 10.1 Å². The van der Waals surface area contributed by atoms with Crippen LogP contribution in [0.3, 0.4) is 0 Å². The molecule has 0 aliphatic rings. The molecule has 0 aliphatic carbocycles. The summed E-state index contributed by atoms with van der Waals surface area (Å²) in [6.45, 7) is 0. The summed E-state index contributed by atoms with van der Waals surface area (Å²) in [5.74, 6) is -0.976. The molecule has 10 heteroatoms. The molecule has 126 valence electrons. The van der Waals surface area contributed by atoms with Crippen LogP contribution in [0, 0.1) is 11.3 Å². The zero-order valence-electron chi connectivity index (χ0n) is 11.5. The van der Waals surface area contributed by atoms with Crippen molar-refractivity contribution in [2.75, 3.05) is 0 Å². The Morgan fingerprint density at radius 1 is 1.12 bits per heavy atom. The van der Waals surface area contributed by atoms with Crippen LogP contribution in [0.4, 0.5) is 13.2 Å². The smallest absolute Gasteiger partial charge is 0.406 e. The summed E-state index contributed by atoms with van der Waals surface area (Å²) in [6.07, 6.45) is -4.96.